The number of benzene rings is 3. The van der Waals surface area contributed by atoms with E-state index in [1.807, 2.05) is 91.0 Å². The number of hydrogen-bond donors (Lipinski definition) is 0. The molecule has 0 atom stereocenters. The zero-order valence-electron chi connectivity index (χ0n) is 18.2. The van der Waals surface area contributed by atoms with Gasteiger partial charge in [-0.25, -0.2) is 0 Å². The van der Waals surface area contributed by atoms with Crippen molar-refractivity contribution in [2.24, 2.45) is 0 Å². The van der Waals surface area contributed by atoms with Gasteiger partial charge in [0.05, 0.1) is 0 Å². The van der Waals surface area contributed by atoms with Crippen molar-refractivity contribution < 1.29 is 21.7 Å². The van der Waals surface area contributed by atoms with Gasteiger partial charge in [-0.1, -0.05) is 34.6 Å². The van der Waals surface area contributed by atoms with Crippen molar-refractivity contribution in [3.8, 4) is 0 Å². The molecule has 4 aromatic carbocycles. The molecule has 0 radical (unpaired) electrons. The maximum Gasteiger partial charge on any atom is 4.00 e. The van der Waals surface area contributed by atoms with Crippen LogP contribution in [0.25, 0.3) is 0 Å². The Morgan fingerprint density at radius 1 is 0.483 bits per heavy atom. The fourth-order valence-electron chi connectivity index (χ4n) is 2.43. The Morgan fingerprint density at radius 3 is 0.793 bits per heavy atom. The van der Waals surface area contributed by atoms with E-state index in [9.17, 15) is 0 Å². The van der Waals surface area contributed by atoms with Crippen LogP contribution in [0.15, 0.2) is 91.0 Å². The third kappa shape index (κ3) is 11.3. The van der Waals surface area contributed by atoms with E-state index in [0.717, 1.165) is 0 Å². The average molecular weight is 414 g/mol. The Morgan fingerprint density at radius 2 is 0.724 bits per heavy atom. The largest absolute Gasteiger partial charge is 4.00 e. The van der Waals surface area contributed by atoms with Crippen LogP contribution in [-0.4, -0.2) is 0 Å². The maximum absolute atomic E-state index is 2.89. The van der Waals surface area contributed by atoms with Gasteiger partial charge in [-0.3, -0.25) is 0 Å². The van der Waals surface area contributed by atoms with E-state index in [-0.39, 0.29) is 21.7 Å². The minimum Gasteiger partial charge on any atom is -0.196 e. The molecule has 1 heteroatoms. The van der Waals surface area contributed by atoms with E-state index < -0.39 is 0 Å². The van der Waals surface area contributed by atoms with Crippen LogP contribution >= 0.6 is 0 Å². The first-order valence-electron chi connectivity index (χ1n) is 9.48. The molecular formula is C28H30Ti. The predicted molar refractivity (Wildman–Crippen MR) is 122 cm³/mol. The maximum atomic E-state index is 2.89. The molecule has 146 valence electrons. The summed E-state index contributed by atoms with van der Waals surface area (Å²) in [6, 6.07) is 37.5. The summed E-state index contributed by atoms with van der Waals surface area (Å²) >= 11 is 0. The predicted octanol–water partition coefficient (Wildman–Crippen LogP) is 7.41. The van der Waals surface area contributed by atoms with Gasteiger partial charge in [0.2, 0.25) is 0 Å². The van der Waals surface area contributed by atoms with Crippen molar-refractivity contribution in [2.45, 2.75) is 34.6 Å². The SMILES string of the molecule is Cc1c(C)c(C)[c-](C)c1C.[Ti+4].[c-]1ccccc1.[c-]1ccccc1.[c-]1ccccc1. The summed E-state index contributed by atoms with van der Waals surface area (Å²) in [6.07, 6.45) is 0. The van der Waals surface area contributed by atoms with Crippen LogP contribution in [-0.2, 0) is 21.7 Å². The molecule has 4 aromatic rings. The van der Waals surface area contributed by atoms with Crippen LogP contribution in [0, 0.1) is 52.8 Å². The Labute approximate surface area is 192 Å². The molecule has 0 aliphatic rings. The van der Waals surface area contributed by atoms with Gasteiger partial charge in [-0.2, -0.15) is 137 Å². The second-order valence-corrected chi connectivity index (χ2v) is 6.36. The molecular weight excluding hydrogens is 384 g/mol. The van der Waals surface area contributed by atoms with Crippen LogP contribution in [0.2, 0.25) is 0 Å². The molecule has 0 N–H and O–H groups in total. The van der Waals surface area contributed by atoms with Crippen molar-refractivity contribution in [1.29, 1.82) is 0 Å². The average Bonchev–Trinajstić information content (AvgIpc) is 2.96. The van der Waals surface area contributed by atoms with E-state index in [0.29, 0.717) is 0 Å². The molecule has 0 nitrogen and oxygen atoms in total. The standard InChI is InChI=1S/C10H15.3C6H5.Ti/c1-6-7(2)9(4)10(5)8(6)3;3*1-2-4-6-5-3-1;/h1-5H3;3*1-5H;/q4*-1;+4. The monoisotopic (exact) mass is 414 g/mol. The molecule has 0 spiro atoms. The van der Waals surface area contributed by atoms with Crippen LogP contribution < -0.4 is 0 Å². The zero-order chi connectivity index (χ0) is 20.6. The minimum atomic E-state index is 0. The van der Waals surface area contributed by atoms with Crippen LogP contribution in [0.4, 0.5) is 0 Å². The van der Waals surface area contributed by atoms with Crippen LogP contribution in [0.1, 0.15) is 27.8 Å². The summed E-state index contributed by atoms with van der Waals surface area (Å²) in [6.45, 7) is 11.0. The molecule has 29 heavy (non-hydrogen) atoms. The quantitative estimate of drug-likeness (QED) is 0.208. The molecule has 0 saturated heterocycles. The van der Waals surface area contributed by atoms with Gasteiger partial charge in [0.15, 0.2) is 0 Å². The van der Waals surface area contributed by atoms with E-state index in [2.05, 4.69) is 52.8 Å². The van der Waals surface area contributed by atoms with Gasteiger partial charge in [-0.05, 0) is 0 Å². The van der Waals surface area contributed by atoms with E-state index in [1.165, 1.54) is 27.8 Å². The van der Waals surface area contributed by atoms with Gasteiger partial charge in [0, 0.05) is 0 Å². The summed E-state index contributed by atoms with van der Waals surface area (Å²) in [5.41, 5.74) is 7.34. The van der Waals surface area contributed by atoms with Gasteiger partial charge in [0.25, 0.3) is 0 Å². The van der Waals surface area contributed by atoms with Crippen molar-refractivity contribution >= 4 is 0 Å². The van der Waals surface area contributed by atoms with E-state index in [4.69, 9.17) is 0 Å². The van der Waals surface area contributed by atoms with Crippen molar-refractivity contribution in [2.75, 3.05) is 0 Å². The first-order valence-corrected chi connectivity index (χ1v) is 9.48. The first kappa shape index (κ1) is 26.7. The van der Waals surface area contributed by atoms with Gasteiger partial charge in [-0.15, -0.1) is 0 Å². The molecule has 0 aliphatic heterocycles. The fraction of sp³-hybridized carbons (Fsp3) is 0.179. The third-order valence-corrected chi connectivity index (χ3v) is 4.63. The molecule has 0 fully saturated rings. The summed E-state index contributed by atoms with van der Waals surface area (Å²) in [5.74, 6) is 0. The summed E-state index contributed by atoms with van der Waals surface area (Å²) in [5, 5.41) is 0. The Hall–Kier alpha value is -2.28. The summed E-state index contributed by atoms with van der Waals surface area (Å²) < 4.78 is 0. The molecule has 0 aliphatic carbocycles. The van der Waals surface area contributed by atoms with E-state index >= 15 is 0 Å². The van der Waals surface area contributed by atoms with Crippen molar-refractivity contribution in [3.63, 3.8) is 0 Å². The molecule has 0 bridgehead atoms. The van der Waals surface area contributed by atoms with Crippen molar-refractivity contribution in [1.82, 2.24) is 0 Å². The van der Waals surface area contributed by atoms with Crippen LogP contribution in [0.5, 0.6) is 0 Å². The zero-order valence-corrected chi connectivity index (χ0v) is 19.7. The minimum absolute atomic E-state index is 0. The molecule has 0 aromatic heterocycles. The third-order valence-electron chi connectivity index (χ3n) is 4.63. The molecule has 4 rings (SSSR count). The Balaban J connectivity index is 0.000000366. The second-order valence-electron chi connectivity index (χ2n) is 6.36. The second kappa shape index (κ2) is 16.7. The molecule has 0 unspecified atom stereocenters. The fourth-order valence-corrected chi connectivity index (χ4v) is 2.43. The molecule has 0 amide bonds. The normalized spacial score (nSPS) is 8.59. The van der Waals surface area contributed by atoms with Crippen molar-refractivity contribution in [3.05, 3.63) is 137 Å². The molecule has 0 heterocycles. The molecule has 0 saturated carbocycles. The van der Waals surface area contributed by atoms with Gasteiger partial charge < -0.3 is 0 Å². The van der Waals surface area contributed by atoms with Crippen LogP contribution in [0.3, 0.4) is 0 Å². The first-order chi connectivity index (χ1) is 13.6. The summed E-state index contributed by atoms with van der Waals surface area (Å²) in [7, 11) is 0. The topological polar surface area (TPSA) is 0 Å². The Kier molecular flexibility index (Phi) is 15.4. The number of rotatable bonds is 0. The summed E-state index contributed by atoms with van der Waals surface area (Å²) in [4.78, 5) is 0. The van der Waals surface area contributed by atoms with Gasteiger partial charge >= 0.3 is 21.7 Å². The Bertz CT molecular complexity index is 612. The smallest absolute Gasteiger partial charge is 0.196 e. The number of hydrogen-bond acceptors (Lipinski definition) is 0. The van der Waals surface area contributed by atoms with E-state index in [1.54, 1.807) is 0 Å². The van der Waals surface area contributed by atoms with Gasteiger partial charge in [0.1, 0.15) is 0 Å².